The van der Waals surface area contributed by atoms with Crippen LogP contribution in [-0.2, 0) is 5.41 Å². The molecule has 2 aliphatic rings. The predicted molar refractivity (Wildman–Crippen MR) is 155 cm³/mol. The van der Waals surface area contributed by atoms with Gasteiger partial charge >= 0.3 is 0 Å². The number of rotatable bonds is 2. The van der Waals surface area contributed by atoms with Crippen molar-refractivity contribution < 1.29 is 0 Å². The van der Waals surface area contributed by atoms with Crippen LogP contribution in [0.5, 0.6) is 0 Å². The highest BCUT2D eigenvalue weighted by Crippen LogP contribution is 2.63. The lowest BCUT2D eigenvalue weighted by atomic mass is 9.70. The zero-order valence-corrected chi connectivity index (χ0v) is 20.6. The van der Waals surface area contributed by atoms with Crippen LogP contribution >= 0.6 is 0 Å². The quantitative estimate of drug-likeness (QED) is 0.243. The summed E-state index contributed by atoms with van der Waals surface area (Å²) in [6, 6.07) is 49.2. The minimum Gasteiger partial charge on any atom is -0.344 e. The maximum absolute atomic E-state index is 2.44. The summed E-state index contributed by atoms with van der Waals surface area (Å²) in [5, 5.41) is 2.53. The molecule has 1 heteroatoms. The van der Waals surface area contributed by atoms with Crippen molar-refractivity contribution in [3.8, 4) is 22.3 Å². The highest BCUT2D eigenvalue weighted by Gasteiger charge is 2.51. The number of fused-ring (bicyclic) bond motifs is 11. The van der Waals surface area contributed by atoms with Gasteiger partial charge in [0, 0.05) is 23.8 Å². The first-order chi connectivity index (χ1) is 18.3. The van der Waals surface area contributed by atoms with Gasteiger partial charge in [0.05, 0.1) is 5.41 Å². The van der Waals surface area contributed by atoms with Crippen LogP contribution in [0.3, 0.4) is 0 Å². The molecule has 37 heavy (non-hydrogen) atoms. The largest absolute Gasteiger partial charge is 0.344 e. The van der Waals surface area contributed by atoms with Crippen molar-refractivity contribution in [2.24, 2.45) is 0 Å². The van der Waals surface area contributed by atoms with E-state index in [4.69, 9.17) is 0 Å². The van der Waals surface area contributed by atoms with Gasteiger partial charge in [0.25, 0.3) is 0 Å². The Labute approximate surface area is 217 Å². The van der Waals surface area contributed by atoms with Crippen molar-refractivity contribution in [3.05, 3.63) is 156 Å². The van der Waals surface area contributed by atoms with Crippen molar-refractivity contribution in [2.45, 2.75) is 5.41 Å². The van der Waals surface area contributed by atoms with Crippen LogP contribution in [-0.4, -0.2) is 7.05 Å². The monoisotopic (exact) mass is 471 g/mol. The molecular formula is C36H25N. The van der Waals surface area contributed by atoms with E-state index in [2.05, 4.69) is 145 Å². The van der Waals surface area contributed by atoms with Crippen molar-refractivity contribution >= 4 is 22.1 Å². The van der Waals surface area contributed by atoms with Crippen molar-refractivity contribution in [2.75, 3.05) is 11.9 Å². The van der Waals surface area contributed by atoms with Gasteiger partial charge in [0.15, 0.2) is 0 Å². The molecule has 0 bridgehead atoms. The molecule has 0 radical (unpaired) electrons. The first-order valence-corrected chi connectivity index (χ1v) is 12.9. The molecule has 0 unspecified atom stereocenters. The lowest BCUT2D eigenvalue weighted by Gasteiger charge is -2.31. The van der Waals surface area contributed by atoms with Gasteiger partial charge in [-0.2, -0.15) is 0 Å². The molecule has 0 aliphatic heterocycles. The van der Waals surface area contributed by atoms with Crippen LogP contribution in [0.15, 0.2) is 133 Å². The van der Waals surface area contributed by atoms with Gasteiger partial charge in [-0.3, -0.25) is 0 Å². The highest BCUT2D eigenvalue weighted by atomic mass is 15.1. The van der Waals surface area contributed by atoms with Gasteiger partial charge in [-0.15, -0.1) is 0 Å². The molecule has 1 nitrogen and oxygen atoms in total. The Balaban J connectivity index is 1.42. The van der Waals surface area contributed by atoms with E-state index in [1.54, 1.807) is 0 Å². The molecule has 2 aliphatic carbocycles. The minimum atomic E-state index is -0.311. The fourth-order valence-electron chi connectivity index (χ4n) is 6.93. The predicted octanol–water partition coefficient (Wildman–Crippen LogP) is 8.95. The third kappa shape index (κ3) is 2.58. The summed E-state index contributed by atoms with van der Waals surface area (Å²) in [6.45, 7) is 0. The molecule has 174 valence electrons. The molecule has 0 atom stereocenters. The zero-order valence-electron chi connectivity index (χ0n) is 20.6. The molecule has 0 saturated carbocycles. The van der Waals surface area contributed by atoms with Crippen LogP contribution in [0.2, 0.25) is 0 Å². The Morgan fingerprint density at radius 3 is 1.62 bits per heavy atom. The number of hydrogen-bond acceptors (Lipinski definition) is 1. The molecule has 8 rings (SSSR count). The Kier molecular flexibility index (Phi) is 4.14. The second kappa shape index (κ2) is 7.44. The Bertz CT molecular complexity index is 1790. The molecule has 0 saturated heterocycles. The van der Waals surface area contributed by atoms with E-state index in [9.17, 15) is 0 Å². The molecule has 0 fully saturated rings. The minimum absolute atomic E-state index is 0.311. The molecule has 6 aromatic rings. The molecule has 0 N–H and O–H groups in total. The lowest BCUT2D eigenvalue weighted by Crippen LogP contribution is -2.26. The molecule has 1 spiro atoms. The first kappa shape index (κ1) is 20.6. The van der Waals surface area contributed by atoms with E-state index in [0.29, 0.717) is 0 Å². The summed E-state index contributed by atoms with van der Waals surface area (Å²) in [5.41, 5.74) is 13.0. The number of anilines is 2. The Hall–Kier alpha value is -4.62. The molecule has 0 amide bonds. The van der Waals surface area contributed by atoms with Crippen LogP contribution < -0.4 is 4.90 Å². The van der Waals surface area contributed by atoms with E-state index in [-0.39, 0.29) is 5.41 Å². The van der Waals surface area contributed by atoms with Crippen LogP contribution in [0, 0.1) is 0 Å². The summed E-state index contributed by atoms with van der Waals surface area (Å²) in [6.07, 6.45) is 0. The van der Waals surface area contributed by atoms with Crippen LogP contribution in [0.25, 0.3) is 33.0 Å². The maximum Gasteiger partial charge on any atom is 0.0726 e. The second-order valence-electron chi connectivity index (χ2n) is 10.2. The number of benzene rings is 6. The third-order valence-corrected chi connectivity index (χ3v) is 8.50. The van der Waals surface area contributed by atoms with E-state index < -0.39 is 0 Å². The second-order valence-corrected chi connectivity index (χ2v) is 10.2. The fourth-order valence-corrected chi connectivity index (χ4v) is 6.93. The van der Waals surface area contributed by atoms with Crippen LogP contribution in [0.4, 0.5) is 11.4 Å². The summed E-state index contributed by atoms with van der Waals surface area (Å²) in [4.78, 5) is 2.34. The topological polar surface area (TPSA) is 3.24 Å². The van der Waals surface area contributed by atoms with Gasteiger partial charge in [0.2, 0.25) is 0 Å². The summed E-state index contributed by atoms with van der Waals surface area (Å²) < 4.78 is 0. The van der Waals surface area contributed by atoms with Gasteiger partial charge in [-0.1, -0.05) is 115 Å². The van der Waals surface area contributed by atoms with E-state index >= 15 is 0 Å². The van der Waals surface area contributed by atoms with Crippen molar-refractivity contribution in [1.82, 2.24) is 0 Å². The van der Waals surface area contributed by atoms with Crippen LogP contribution in [0.1, 0.15) is 22.3 Å². The van der Waals surface area contributed by atoms with Crippen molar-refractivity contribution in [1.29, 1.82) is 0 Å². The molecule has 6 aromatic carbocycles. The normalized spacial score (nSPS) is 13.8. The average molecular weight is 472 g/mol. The summed E-state index contributed by atoms with van der Waals surface area (Å²) in [5.74, 6) is 0. The number of nitrogens with zero attached hydrogens (tertiary/aromatic N) is 1. The van der Waals surface area contributed by atoms with E-state index in [1.165, 1.54) is 66.7 Å². The van der Waals surface area contributed by atoms with E-state index in [0.717, 1.165) is 0 Å². The maximum atomic E-state index is 2.44. The van der Waals surface area contributed by atoms with Gasteiger partial charge < -0.3 is 4.90 Å². The summed E-state index contributed by atoms with van der Waals surface area (Å²) >= 11 is 0. The Morgan fingerprint density at radius 1 is 0.459 bits per heavy atom. The SMILES string of the molecule is CN(c1ccc2c(c1)C1(c3ccccc3-c3ccccc31)c1ccccc1-2)c1cccc2ccccc12. The van der Waals surface area contributed by atoms with Gasteiger partial charge in [0.1, 0.15) is 0 Å². The molecule has 0 aromatic heterocycles. The highest BCUT2D eigenvalue weighted by molar-refractivity contribution is 5.98. The molecular weight excluding hydrogens is 446 g/mol. The Morgan fingerprint density at radius 2 is 0.973 bits per heavy atom. The van der Waals surface area contributed by atoms with Gasteiger partial charge in [-0.25, -0.2) is 0 Å². The van der Waals surface area contributed by atoms with E-state index in [1.807, 2.05) is 0 Å². The lowest BCUT2D eigenvalue weighted by molar-refractivity contribution is 0.793. The summed E-state index contributed by atoms with van der Waals surface area (Å²) in [7, 11) is 2.19. The molecule has 0 heterocycles. The number of hydrogen-bond donors (Lipinski definition) is 0. The standard InChI is InChI=1S/C36H25N/c1-37(35-20-10-12-24-11-2-3-13-26(24)35)25-21-22-30-29-16-6-9-19-33(29)36(34(30)23-25)31-17-7-4-14-27(31)28-15-5-8-18-32(28)36/h2-23H,1H3. The third-order valence-electron chi connectivity index (χ3n) is 8.50. The first-order valence-electron chi connectivity index (χ1n) is 12.9. The average Bonchev–Trinajstić information content (AvgIpc) is 3.44. The van der Waals surface area contributed by atoms with Gasteiger partial charge in [-0.05, 0) is 68.1 Å². The smallest absolute Gasteiger partial charge is 0.0726 e. The fraction of sp³-hybridized carbons (Fsp3) is 0.0556. The zero-order chi connectivity index (χ0) is 24.6. The van der Waals surface area contributed by atoms with Crippen molar-refractivity contribution in [3.63, 3.8) is 0 Å².